The van der Waals surface area contributed by atoms with Crippen LogP contribution in [0.2, 0.25) is 0 Å². The van der Waals surface area contributed by atoms with Gasteiger partial charge in [-0.15, -0.1) is 0 Å². The third kappa shape index (κ3) is 3.87. The second kappa shape index (κ2) is 6.50. The Hall–Kier alpha value is -0.860. The standard InChI is InChI=1S/C13H18BrNO5S/c1-8(9-5-3-2-4-6-9)15-21(18,19)11-7-10(13(16)17)20-12(11)14/h7-9,15H,2-6H2,1H3,(H,16,17)/t8-/m1/s1. The summed E-state index contributed by atoms with van der Waals surface area (Å²) in [4.78, 5) is 10.7. The Morgan fingerprint density at radius 2 is 2.05 bits per heavy atom. The number of hydrogen-bond acceptors (Lipinski definition) is 4. The highest BCUT2D eigenvalue weighted by molar-refractivity contribution is 9.10. The molecular weight excluding hydrogens is 362 g/mol. The van der Waals surface area contributed by atoms with Crippen LogP contribution in [0.25, 0.3) is 0 Å². The van der Waals surface area contributed by atoms with Crippen LogP contribution in [0.5, 0.6) is 0 Å². The number of sulfonamides is 1. The van der Waals surface area contributed by atoms with Crippen LogP contribution in [-0.4, -0.2) is 25.5 Å². The molecular formula is C13H18BrNO5S. The van der Waals surface area contributed by atoms with Crippen molar-refractivity contribution >= 4 is 31.9 Å². The summed E-state index contributed by atoms with van der Waals surface area (Å²) in [6.45, 7) is 1.85. The molecule has 0 spiro atoms. The molecule has 1 heterocycles. The first-order valence-electron chi connectivity index (χ1n) is 6.86. The molecule has 0 amide bonds. The molecule has 0 unspecified atom stereocenters. The number of furan rings is 1. The summed E-state index contributed by atoms with van der Waals surface area (Å²) in [5, 5.41) is 8.84. The van der Waals surface area contributed by atoms with Gasteiger partial charge < -0.3 is 9.52 Å². The molecule has 0 bridgehead atoms. The third-order valence-corrected chi connectivity index (χ3v) is 6.27. The lowest BCUT2D eigenvalue weighted by Crippen LogP contribution is -2.38. The van der Waals surface area contributed by atoms with Gasteiger partial charge >= 0.3 is 5.97 Å². The molecule has 0 aliphatic heterocycles. The van der Waals surface area contributed by atoms with E-state index in [0.717, 1.165) is 31.7 Å². The van der Waals surface area contributed by atoms with Gasteiger partial charge in [-0.3, -0.25) is 0 Å². The quantitative estimate of drug-likeness (QED) is 0.819. The Bertz CT molecular complexity index is 619. The van der Waals surface area contributed by atoms with Gasteiger partial charge in [-0.2, -0.15) is 0 Å². The van der Waals surface area contributed by atoms with E-state index in [4.69, 9.17) is 9.52 Å². The van der Waals surface area contributed by atoms with Crippen molar-refractivity contribution in [2.45, 2.75) is 50.0 Å². The fraction of sp³-hybridized carbons (Fsp3) is 0.615. The molecule has 1 aromatic heterocycles. The van der Waals surface area contributed by atoms with E-state index in [0.29, 0.717) is 5.92 Å². The predicted octanol–water partition coefficient (Wildman–Crippen LogP) is 2.99. The summed E-state index contributed by atoms with van der Waals surface area (Å²) < 4.78 is 32.1. The molecule has 6 nitrogen and oxygen atoms in total. The fourth-order valence-corrected chi connectivity index (χ4v) is 4.93. The fourth-order valence-electron chi connectivity index (χ4n) is 2.68. The van der Waals surface area contributed by atoms with Crippen LogP contribution < -0.4 is 4.72 Å². The summed E-state index contributed by atoms with van der Waals surface area (Å²) in [6.07, 6.45) is 5.46. The number of carboxylic acids is 1. The zero-order valence-corrected chi connectivity index (χ0v) is 14.0. The molecule has 1 atom stereocenters. The zero-order valence-electron chi connectivity index (χ0n) is 11.6. The van der Waals surface area contributed by atoms with Gasteiger partial charge in [-0.05, 0) is 41.6 Å². The maximum atomic E-state index is 12.3. The highest BCUT2D eigenvalue weighted by Gasteiger charge is 2.29. The number of carboxylic acid groups (broad SMARTS) is 1. The number of carbonyl (C=O) groups is 1. The number of nitrogens with one attached hydrogen (secondary N) is 1. The van der Waals surface area contributed by atoms with Gasteiger partial charge in [0, 0.05) is 12.1 Å². The number of hydrogen-bond donors (Lipinski definition) is 2. The maximum absolute atomic E-state index is 12.3. The van der Waals surface area contributed by atoms with Crippen molar-refractivity contribution in [2.75, 3.05) is 0 Å². The summed E-state index contributed by atoms with van der Waals surface area (Å²) >= 11 is 2.96. The topological polar surface area (TPSA) is 96.6 Å². The number of rotatable bonds is 5. The highest BCUT2D eigenvalue weighted by Crippen LogP contribution is 2.29. The van der Waals surface area contributed by atoms with Gasteiger partial charge in [0.2, 0.25) is 15.8 Å². The molecule has 21 heavy (non-hydrogen) atoms. The molecule has 2 N–H and O–H groups in total. The minimum absolute atomic E-state index is 0.0942. The van der Waals surface area contributed by atoms with E-state index in [2.05, 4.69) is 20.7 Å². The monoisotopic (exact) mass is 379 g/mol. The van der Waals surface area contributed by atoms with Crippen molar-refractivity contribution in [3.63, 3.8) is 0 Å². The van der Waals surface area contributed by atoms with Gasteiger partial charge in [0.05, 0.1) is 0 Å². The molecule has 2 rings (SSSR count). The Balaban J connectivity index is 2.16. The van der Waals surface area contributed by atoms with Crippen molar-refractivity contribution in [1.29, 1.82) is 0 Å². The smallest absolute Gasteiger partial charge is 0.371 e. The van der Waals surface area contributed by atoms with Crippen LogP contribution in [0.15, 0.2) is 20.0 Å². The van der Waals surface area contributed by atoms with E-state index in [1.807, 2.05) is 6.92 Å². The average Bonchev–Trinajstić information content (AvgIpc) is 2.82. The summed E-state index contributed by atoms with van der Waals surface area (Å²) in [7, 11) is -3.81. The van der Waals surface area contributed by atoms with Gasteiger partial charge in [0.25, 0.3) is 0 Å². The normalized spacial score (nSPS) is 18.6. The average molecular weight is 380 g/mol. The zero-order chi connectivity index (χ0) is 15.6. The highest BCUT2D eigenvalue weighted by atomic mass is 79.9. The van der Waals surface area contributed by atoms with Crippen LogP contribution in [0.1, 0.15) is 49.6 Å². The van der Waals surface area contributed by atoms with Crippen molar-refractivity contribution in [1.82, 2.24) is 4.72 Å². The van der Waals surface area contributed by atoms with E-state index in [1.54, 1.807) is 0 Å². The van der Waals surface area contributed by atoms with Gasteiger partial charge in [0.15, 0.2) is 4.67 Å². The molecule has 0 saturated heterocycles. The number of aromatic carboxylic acids is 1. The lowest BCUT2D eigenvalue weighted by atomic mass is 9.85. The van der Waals surface area contributed by atoms with Crippen LogP contribution in [0, 0.1) is 5.92 Å². The molecule has 1 aliphatic carbocycles. The van der Waals surface area contributed by atoms with Crippen molar-refractivity contribution < 1.29 is 22.7 Å². The van der Waals surface area contributed by atoms with Crippen molar-refractivity contribution in [3.05, 3.63) is 16.5 Å². The first-order valence-corrected chi connectivity index (χ1v) is 9.14. The summed E-state index contributed by atoms with van der Waals surface area (Å²) in [6, 6.07) is 0.827. The molecule has 1 saturated carbocycles. The van der Waals surface area contributed by atoms with E-state index < -0.39 is 21.8 Å². The Labute approximate surface area is 132 Å². The lowest BCUT2D eigenvalue weighted by Gasteiger charge is -2.27. The van der Waals surface area contributed by atoms with E-state index in [9.17, 15) is 13.2 Å². The maximum Gasteiger partial charge on any atom is 0.371 e. The SMILES string of the molecule is C[C@@H](NS(=O)(=O)c1cc(C(=O)O)oc1Br)C1CCCCC1. The molecule has 0 aromatic carbocycles. The Morgan fingerprint density at radius 1 is 1.43 bits per heavy atom. The Morgan fingerprint density at radius 3 is 2.57 bits per heavy atom. The first-order chi connectivity index (χ1) is 9.81. The van der Waals surface area contributed by atoms with Gasteiger partial charge in [0.1, 0.15) is 4.90 Å². The summed E-state index contributed by atoms with van der Waals surface area (Å²) in [5.74, 6) is -1.40. The molecule has 1 aromatic rings. The van der Waals surface area contributed by atoms with Crippen LogP contribution in [-0.2, 0) is 10.0 Å². The molecule has 0 radical (unpaired) electrons. The van der Waals surface area contributed by atoms with Crippen molar-refractivity contribution in [2.24, 2.45) is 5.92 Å². The van der Waals surface area contributed by atoms with E-state index in [-0.39, 0.29) is 15.6 Å². The van der Waals surface area contributed by atoms with E-state index in [1.165, 1.54) is 6.42 Å². The molecule has 118 valence electrons. The molecule has 1 fully saturated rings. The lowest BCUT2D eigenvalue weighted by molar-refractivity contribution is 0.0661. The molecule has 8 heteroatoms. The van der Waals surface area contributed by atoms with Gasteiger partial charge in [-0.1, -0.05) is 19.3 Å². The van der Waals surface area contributed by atoms with E-state index >= 15 is 0 Å². The Kier molecular flexibility index (Phi) is 5.11. The largest absolute Gasteiger partial charge is 0.475 e. The van der Waals surface area contributed by atoms with Gasteiger partial charge in [-0.25, -0.2) is 17.9 Å². The first kappa shape index (κ1) is 16.5. The molecule has 1 aliphatic rings. The van der Waals surface area contributed by atoms with Crippen LogP contribution in [0.3, 0.4) is 0 Å². The summed E-state index contributed by atoms with van der Waals surface area (Å²) in [5.41, 5.74) is 0. The second-order valence-corrected chi connectivity index (χ2v) is 7.76. The third-order valence-electron chi connectivity index (χ3n) is 3.85. The predicted molar refractivity (Wildman–Crippen MR) is 79.7 cm³/mol. The van der Waals surface area contributed by atoms with Crippen LogP contribution in [0.4, 0.5) is 0 Å². The number of halogens is 1. The van der Waals surface area contributed by atoms with Crippen molar-refractivity contribution in [3.8, 4) is 0 Å². The van der Waals surface area contributed by atoms with Crippen LogP contribution >= 0.6 is 15.9 Å². The minimum Gasteiger partial charge on any atom is -0.475 e. The second-order valence-electron chi connectivity index (χ2n) is 5.36. The minimum atomic E-state index is -3.81.